The van der Waals surface area contributed by atoms with Crippen molar-refractivity contribution in [3.8, 4) is 5.75 Å². The van der Waals surface area contributed by atoms with Crippen LogP contribution in [0.25, 0.3) is 0 Å². The summed E-state index contributed by atoms with van der Waals surface area (Å²) >= 11 is 0. The zero-order valence-corrected chi connectivity index (χ0v) is 13.2. The molecule has 0 heterocycles. The number of hydrogen-bond donors (Lipinski definition) is 2. The van der Waals surface area contributed by atoms with Crippen LogP contribution < -0.4 is 15.4 Å². The van der Waals surface area contributed by atoms with E-state index in [1.807, 2.05) is 27.7 Å². The van der Waals surface area contributed by atoms with E-state index < -0.39 is 12.4 Å². The van der Waals surface area contributed by atoms with Gasteiger partial charge in [0.25, 0.3) is 0 Å². The highest BCUT2D eigenvalue weighted by Gasteiger charge is 2.15. The summed E-state index contributed by atoms with van der Waals surface area (Å²) in [5, 5.41) is 6.15. The fourth-order valence-corrected chi connectivity index (χ4v) is 1.72. The number of alkyl halides is 2. The van der Waals surface area contributed by atoms with Crippen molar-refractivity contribution in [3.63, 3.8) is 0 Å². The van der Waals surface area contributed by atoms with Crippen LogP contribution in [-0.4, -0.2) is 24.7 Å². The normalized spacial score (nSPS) is 12.5. The Hall–Kier alpha value is -1.92. The van der Waals surface area contributed by atoms with Crippen LogP contribution in [-0.2, 0) is 6.54 Å². The second-order valence-electron chi connectivity index (χ2n) is 5.67. The molecule has 0 spiro atoms. The fourth-order valence-electron chi connectivity index (χ4n) is 1.72. The van der Waals surface area contributed by atoms with Crippen LogP contribution in [0, 0.1) is 5.82 Å². The Kier molecular flexibility index (Phi) is 6.52. The van der Waals surface area contributed by atoms with Crippen molar-refractivity contribution in [3.05, 3.63) is 29.6 Å². The quantitative estimate of drug-likeness (QED) is 0.647. The van der Waals surface area contributed by atoms with E-state index in [-0.39, 0.29) is 23.4 Å². The van der Waals surface area contributed by atoms with Gasteiger partial charge in [-0.05, 0) is 39.8 Å². The van der Waals surface area contributed by atoms with Gasteiger partial charge >= 0.3 is 6.61 Å². The van der Waals surface area contributed by atoms with Gasteiger partial charge in [-0.1, -0.05) is 6.07 Å². The molecule has 0 bridgehead atoms. The van der Waals surface area contributed by atoms with Gasteiger partial charge in [0, 0.05) is 12.1 Å². The SMILES string of the molecule is CCNC(=NCc1c(F)cccc1OC(F)F)NC(C)(C)C. The second-order valence-corrected chi connectivity index (χ2v) is 5.67. The van der Waals surface area contributed by atoms with E-state index in [1.165, 1.54) is 18.2 Å². The van der Waals surface area contributed by atoms with E-state index >= 15 is 0 Å². The van der Waals surface area contributed by atoms with Gasteiger partial charge < -0.3 is 15.4 Å². The van der Waals surface area contributed by atoms with Gasteiger partial charge in [0.05, 0.1) is 12.1 Å². The van der Waals surface area contributed by atoms with Gasteiger partial charge in [-0.15, -0.1) is 0 Å². The first-order chi connectivity index (χ1) is 10.2. The summed E-state index contributed by atoms with van der Waals surface area (Å²) in [6.07, 6.45) is 0. The lowest BCUT2D eigenvalue weighted by Gasteiger charge is -2.23. The minimum atomic E-state index is -3.01. The van der Waals surface area contributed by atoms with Gasteiger partial charge in [-0.2, -0.15) is 8.78 Å². The van der Waals surface area contributed by atoms with E-state index in [2.05, 4.69) is 20.4 Å². The number of ether oxygens (including phenoxy) is 1. The lowest BCUT2D eigenvalue weighted by atomic mass is 10.1. The Morgan fingerprint density at radius 1 is 1.32 bits per heavy atom. The summed E-state index contributed by atoms with van der Waals surface area (Å²) in [5.41, 5.74) is -0.243. The fraction of sp³-hybridized carbons (Fsp3) is 0.533. The van der Waals surface area contributed by atoms with Crippen molar-refractivity contribution in [1.29, 1.82) is 0 Å². The minimum Gasteiger partial charge on any atom is -0.434 e. The molecule has 0 amide bonds. The molecule has 4 nitrogen and oxygen atoms in total. The highest BCUT2D eigenvalue weighted by molar-refractivity contribution is 5.80. The number of guanidine groups is 1. The van der Waals surface area contributed by atoms with Crippen LogP contribution in [0.2, 0.25) is 0 Å². The molecule has 0 aliphatic heterocycles. The van der Waals surface area contributed by atoms with Gasteiger partial charge in [0.2, 0.25) is 0 Å². The highest BCUT2D eigenvalue weighted by Crippen LogP contribution is 2.24. The topological polar surface area (TPSA) is 45.7 Å². The van der Waals surface area contributed by atoms with Crippen LogP contribution in [0.15, 0.2) is 23.2 Å². The van der Waals surface area contributed by atoms with Crippen molar-refractivity contribution in [2.75, 3.05) is 6.54 Å². The molecule has 2 N–H and O–H groups in total. The lowest BCUT2D eigenvalue weighted by molar-refractivity contribution is -0.0506. The molecule has 0 atom stereocenters. The number of nitrogens with one attached hydrogen (secondary N) is 2. The van der Waals surface area contributed by atoms with Crippen molar-refractivity contribution in [2.24, 2.45) is 4.99 Å². The Morgan fingerprint density at radius 3 is 2.55 bits per heavy atom. The highest BCUT2D eigenvalue weighted by atomic mass is 19.3. The molecule has 1 aromatic rings. The third-order valence-corrected chi connectivity index (χ3v) is 2.52. The van der Waals surface area contributed by atoms with E-state index in [4.69, 9.17) is 0 Å². The average molecular weight is 317 g/mol. The Morgan fingerprint density at radius 2 is 2.00 bits per heavy atom. The molecule has 0 radical (unpaired) electrons. The van der Waals surface area contributed by atoms with Crippen molar-refractivity contribution >= 4 is 5.96 Å². The molecule has 0 unspecified atom stereocenters. The third kappa shape index (κ3) is 6.24. The van der Waals surface area contributed by atoms with Crippen LogP contribution >= 0.6 is 0 Å². The zero-order chi connectivity index (χ0) is 16.8. The maximum Gasteiger partial charge on any atom is 0.387 e. The molecule has 1 rings (SSSR count). The molecule has 22 heavy (non-hydrogen) atoms. The summed E-state index contributed by atoms with van der Waals surface area (Å²) in [5.74, 6) is -0.361. The number of aliphatic imine (C=N–C) groups is 1. The zero-order valence-electron chi connectivity index (χ0n) is 13.2. The number of nitrogens with zero attached hydrogens (tertiary/aromatic N) is 1. The van der Waals surface area contributed by atoms with E-state index in [1.54, 1.807) is 0 Å². The summed E-state index contributed by atoms with van der Waals surface area (Å²) in [6.45, 7) is 5.26. The molecule has 7 heteroatoms. The third-order valence-electron chi connectivity index (χ3n) is 2.52. The molecule has 0 fully saturated rings. The molecule has 1 aromatic carbocycles. The predicted octanol–water partition coefficient (Wildman–Crippen LogP) is 3.28. The van der Waals surface area contributed by atoms with Crippen LogP contribution in [0.3, 0.4) is 0 Å². The minimum absolute atomic E-state index is 0.00564. The number of rotatable bonds is 5. The molecule has 0 aliphatic carbocycles. The molecule has 0 saturated heterocycles. The summed E-state index contributed by atoms with van der Waals surface area (Å²) in [6, 6.07) is 3.80. The maximum absolute atomic E-state index is 13.8. The van der Waals surface area contributed by atoms with Crippen LogP contribution in [0.4, 0.5) is 13.2 Å². The van der Waals surface area contributed by atoms with Gasteiger partial charge in [0.1, 0.15) is 11.6 Å². The first-order valence-electron chi connectivity index (χ1n) is 7.01. The molecule has 0 aliphatic rings. The van der Waals surface area contributed by atoms with Crippen LogP contribution in [0.1, 0.15) is 33.3 Å². The summed E-state index contributed by atoms with van der Waals surface area (Å²) in [7, 11) is 0. The van der Waals surface area contributed by atoms with Crippen LogP contribution in [0.5, 0.6) is 5.75 Å². The summed E-state index contributed by atoms with van der Waals surface area (Å²) in [4.78, 5) is 4.23. The van der Waals surface area contributed by atoms with Gasteiger partial charge in [-0.3, -0.25) is 0 Å². The Balaban J connectivity index is 2.98. The largest absolute Gasteiger partial charge is 0.434 e. The van der Waals surface area contributed by atoms with Crippen molar-refractivity contribution < 1.29 is 17.9 Å². The lowest BCUT2D eigenvalue weighted by Crippen LogP contribution is -2.47. The van der Waals surface area contributed by atoms with Gasteiger partial charge in [0.15, 0.2) is 5.96 Å². The Labute approximate surface area is 128 Å². The second kappa shape index (κ2) is 7.91. The smallest absolute Gasteiger partial charge is 0.387 e. The molecular formula is C15H22F3N3O. The van der Waals surface area contributed by atoms with E-state index in [0.717, 1.165) is 0 Å². The maximum atomic E-state index is 13.8. The van der Waals surface area contributed by atoms with E-state index in [9.17, 15) is 13.2 Å². The molecule has 0 saturated carbocycles. The monoisotopic (exact) mass is 317 g/mol. The van der Waals surface area contributed by atoms with Gasteiger partial charge in [-0.25, -0.2) is 9.38 Å². The van der Waals surface area contributed by atoms with E-state index in [0.29, 0.717) is 12.5 Å². The molecular weight excluding hydrogens is 295 g/mol. The number of halogens is 3. The van der Waals surface area contributed by atoms with Crippen molar-refractivity contribution in [1.82, 2.24) is 10.6 Å². The average Bonchev–Trinajstić information content (AvgIpc) is 2.35. The molecule has 124 valence electrons. The number of hydrogen-bond acceptors (Lipinski definition) is 2. The Bertz CT molecular complexity index is 513. The standard InChI is InChI=1S/C15H22F3N3O/c1-5-19-14(21-15(2,3)4)20-9-10-11(16)7-6-8-12(10)22-13(17)18/h6-8,13H,5,9H2,1-4H3,(H2,19,20,21). The molecule has 0 aromatic heterocycles. The van der Waals surface area contributed by atoms with Crippen molar-refractivity contribution in [2.45, 2.75) is 46.4 Å². The number of benzene rings is 1. The predicted molar refractivity (Wildman–Crippen MR) is 80.7 cm³/mol. The first kappa shape index (κ1) is 18.1. The summed E-state index contributed by atoms with van der Waals surface area (Å²) < 4.78 is 42.9. The first-order valence-corrected chi connectivity index (χ1v) is 7.01.